The van der Waals surface area contributed by atoms with Gasteiger partial charge < -0.3 is 38.4 Å². The monoisotopic (exact) mass is 717 g/mol. The van der Waals surface area contributed by atoms with Crippen LogP contribution in [0.25, 0.3) is 28.0 Å². The molecular weight excluding hydrogens is 673 g/mol. The zero-order valence-electron chi connectivity index (χ0n) is 30.3. The smallest absolute Gasteiger partial charge is 0.178 e. The Bertz CT molecular complexity index is 2150. The van der Waals surface area contributed by atoms with Crippen molar-refractivity contribution in [3.8, 4) is 28.4 Å². The van der Waals surface area contributed by atoms with Crippen LogP contribution >= 0.6 is 0 Å². The lowest BCUT2D eigenvalue weighted by molar-refractivity contribution is -0.0499. The van der Waals surface area contributed by atoms with Crippen LogP contribution in [0, 0.1) is 5.82 Å². The number of methoxy groups -OCH3 is 2. The fraction of sp³-hybridized carbons (Fsp3) is 0.318. The molecule has 8 nitrogen and oxygen atoms in total. The van der Waals surface area contributed by atoms with Crippen LogP contribution in [0.4, 0.5) is 10.1 Å². The van der Waals surface area contributed by atoms with E-state index in [-0.39, 0.29) is 19.0 Å². The van der Waals surface area contributed by atoms with Gasteiger partial charge in [0.05, 0.1) is 59.5 Å². The van der Waals surface area contributed by atoms with Crippen molar-refractivity contribution in [3.63, 3.8) is 0 Å². The Labute approximate surface area is 309 Å². The number of hydrogen-bond acceptors (Lipinski definition) is 8. The summed E-state index contributed by atoms with van der Waals surface area (Å²) in [7, 11) is 3.35. The molecule has 1 aliphatic carbocycles. The zero-order chi connectivity index (χ0) is 36.6. The van der Waals surface area contributed by atoms with Crippen molar-refractivity contribution in [1.82, 2.24) is 0 Å². The second-order valence-corrected chi connectivity index (χ2v) is 13.5. The Morgan fingerprint density at radius 1 is 0.849 bits per heavy atom. The van der Waals surface area contributed by atoms with E-state index in [1.807, 2.05) is 24.3 Å². The number of aliphatic hydroxyl groups is 1. The highest BCUT2D eigenvalue weighted by Crippen LogP contribution is 2.60. The fourth-order valence-electron chi connectivity index (χ4n) is 8.33. The van der Waals surface area contributed by atoms with Crippen LogP contribution in [0.1, 0.15) is 41.2 Å². The first-order chi connectivity index (χ1) is 26.0. The van der Waals surface area contributed by atoms with Crippen LogP contribution < -0.4 is 19.1 Å². The average Bonchev–Trinajstić information content (AvgIpc) is 3.51. The molecule has 0 spiro atoms. The summed E-state index contributed by atoms with van der Waals surface area (Å²) >= 11 is 0. The number of halogens is 1. The summed E-state index contributed by atoms with van der Waals surface area (Å²) in [5.74, 6) is 1.81. The van der Waals surface area contributed by atoms with E-state index in [1.165, 1.54) is 12.1 Å². The molecule has 0 saturated carbocycles. The molecule has 1 fully saturated rings. The molecular formula is C44H44FNO7. The number of hydrogen-bond donors (Lipinski definition) is 1. The highest BCUT2D eigenvalue weighted by Gasteiger charge is 2.49. The summed E-state index contributed by atoms with van der Waals surface area (Å²) in [5.41, 5.74) is 5.91. The van der Waals surface area contributed by atoms with Gasteiger partial charge in [-0.15, -0.1) is 0 Å². The third-order valence-corrected chi connectivity index (χ3v) is 10.8. The minimum atomic E-state index is -1.11. The highest BCUT2D eigenvalue weighted by molar-refractivity contribution is 6.10. The van der Waals surface area contributed by atoms with Gasteiger partial charge in [0, 0.05) is 40.7 Å². The first-order valence-corrected chi connectivity index (χ1v) is 18.2. The molecule has 3 aliphatic rings. The van der Waals surface area contributed by atoms with Crippen molar-refractivity contribution in [1.29, 1.82) is 0 Å². The molecule has 0 aromatic heterocycles. The standard InChI is InChI=1S/C44H44FNO7/c1-4-43(52-26-25-51-24-21-47)37-8-6-5-7-33(37)40-35-27-38(46-19-22-50-23-20-46)39(49-3)28-36(35)42-34(41(40)43)17-18-44(53-42,29-9-13-31(45)14-10-29)30-11-15-32(48-2)16-12-30/h5-18,27-28,47H,4,19-26H2,1-3H3. The molecule has 8 rings (SSSR count). The van der Waals surface area contributed by atoms with Crippen LogP contribution in [0.15, 0.2) is 91.0 Å². The first-order valence-electron chi connectivity index (χ1n) is 18.2. The second kappa shape index (κ2) is 14.5. The molecule has 0 bridgehead atoms. The van der Waals surface area contributed by atoms with Crippen molar-refractivity contribution in [2.45, 2.75) is 24.5 Å². The van der Waals surface area contributed by atoms with Crippen molar-refractivity contribution in [3.05, 3.63) is 125 Å². The van der Waals surface area contributed by atoms with E-state index < -0.39 is 11.2 Å². The van der Waals surface area contributed by atoms with E-state index in [2.05, 4.69) is 60.4 Å². The number of aliphatic hydroxyl groups excluding tert-OH is 1. The highest BCUT2D eigenvalue weighted by atomic mass is 19.1. The van der Waals surface area contributed by atoms with E-state index in [4.69, 9.17) is 28.4 Å². The molecule has 2 atom stereocenters. The minimum Gasteiger partial charge on any atom is -0.497 e. The van der Waals surface area contributed by atoms with Crippen molar-refractivity contribution in [2.24, 2.45) is 0 Å². The van der Waals surface area contributed by atoms with E-state index >= 15 is 0 Å². The van der Waals surface area contributed by atoms with Crippen molar-refractivity contribution in [2.75, 3.05) is 71.9 Å². The van der Waals surface area contributed by atoms with Gasteiger partial charge in [0.2, 0.25) is 0 Å². The summed E-state index contributed by atoms with van der Waals surface area (Å²) < 4.78 is 52.0. The van der Waals surface area contributed by atoms with Crippen molar-refractivity contribution < 1.29 is 37.9 Å². The number of morpholine rings is 1. The van der Waals surface area contributed by atoms with Gasteiger partial charge in [-0.1, -0.05) is 61.5 Å². The van der Waals surface area contributed by atoms with Gasteiger partial charge in [-0.3, -0.25) is 0 Å². The normalized spacial score (nSPS) is 20.1. The predicted molar refractivity (Wildman–Crippen MR) is 204 cm³/mol. The maximum Gasteiger partial charge on any atom is 0.178 e. The summed E-state index contributed by atoms with van der Waals surface area (Å²) in [6.45, 7) is 5.76. The van der Waals surface area contributed by atoms with Gasteiger partial charge in [0.1, 0.15) is 28.7 Å². The largest absolute Gasteiger partial charge is 0.497 e. The van der Waals surface area contributed by atoms with Gasteiger partial charge in [0.15, 0.2) is 5.60 Å². The van der Waals surface area contributed by atoms with Gasteiger partial charge in [-0.25, -0.2) is 4.39 Å². The molecule has 9 heteroatoms. The van der Waals surface area contributed by atoms with E-state index in [0.717, 1.165) is 80.0 Å². The van der Waals surface area contributed by atoms with Crippen LogP contribution in [-0.2, 0) is 25.4 Å². The Morgan fingerprint density at radius 3 is 2.28 bits per heavy atom. The summed E-state index contributed by atoms with van der Waals surface area (Å²) in [6.07, 6.45) is 4.87. The lowest BCUT2D eigenvalue weighted by Crippen LogP contribution is -2.36. The van der Waals surface area contributed by atoms with Crippen LogP contribution in [0.2, 0.25) is 0 Å². The predicted octanol–water partition coefficient (Wildman–Crippen LogP) is 7.84. The molecule has 2 unspecified atom stereocenters. The fourth-order valence-corrected chi connectivity index (χ4v) is 8.33. The van der Waals surface area contributed by atoms with Gasteiger partial charge in [-0.05, 0) is 71.0 Å². The molecule has 5 aromatic carbocycles. The van der Waals surface area contributed by atoms with Crippen LogP contribution in [0.3, 0.4) is 0 Å². The average molecular weight is 718 g/mol. The molecule has 0 amide bonds. The molecule has 53 heavy (non-hydrogen) atoms. The quantitative estimate of drug-likeness (QED) is 0.131. The Morgan fingerprint density at radius 2 is 1.58 bits per heavy atom. The number of benzene rings is 5. The summed E-state index contributed by atoms with van der Waals surface area (Å²) in [5, 5.41) is 11.2. The maximum absolute atomic E-state index is 14.4. The topological polar surface area (TPSA) is 78.9 Å². The summed E-state index contributed by atoms with van der Waals surface area (Å²) in [4.78, 5) is 2.32. The molecule has 1 saturated heterocycles. The van der Waals surface area contributed by atoms with E-state index in [9.17, 15) is 9.50 Å². The first kappa shape index (κ1) is 35.1. The number of anilines is 1. The molecule has 2 aliphatic heterocycles. The molecule has 0 radical (unpaired) electrons. The van der Waals surface area contributed by atoms with E-state index in [1.54, 1.807) is 26.4 Å². The number of ether oxygens (including phenoxy) is 6. The van der Waals surface area contributed by atoms with Crippen molar-refractivity contribution >= 4 is 22.5 Å². The third kappa shape index (κ3) is 5.83. The third-order valence-electron chi connectivity index (χ3n) is 10.8. The molecule has 2 heterocycles. The molecule has 5 aromatic rings. The van der Waals surface area contributed by atoms with Gasteiger partial charge in [0.25, 0.3) is 0 Å². The minimum absolute atomic E-state index is 0.0504. The molecule has 274 valence electrons. The molecule has 1 N–H and O–H groups in total. The van der Waals surface area contributed by atoms with Crippen LogP contribution in [-0.4, -0.2) is 72.1 Å². The maximum atomic E-state index is 14.4. The zero-order valence-corrected chi connectivity index (χ0v) is 30.3. The van der Waals surface area contributed by atoms with E-state index in [0.29, 0.717) is 38.6 Å². The lowest BCUT2D eigenvalue weighted by atomic mass is 9.79. The second-order valence-electron chi connectivity index (χ2n) is 13.5. The number of fused-ring (bicyclic) bond motifs is 8. The number of nitrogens with zero attached hydrogens (tertiary/aromatic N) is 1. The Hall–Kier alpha value is -4.93. The van der Waals surface area contributed by atoms with Gasteiger partial charge in [-0.2, -0.15) is 0 Å². The lowest BCUT2D eigenvalue weighted by Gasteiger charge is -2.39. The summed E-state index contributed by atoms with van der Waals surface area (Å²) in [6, 6.07) is 27.1. The van der Waals surface area contributed by atoms with Gasteiger partial charge >= 0.3 is 0 Å². The van der Waals surface area contributed by atoms with Crippen LogP contribution in [0.5, 0.6) is 17.2 Å². The number of rotatable bonds is 12. The Balaban J connectivity index is 1.43. The SMILES string of the molecule is CCC1(OCCOCCO)c2ccccc2-c2c1c1c(c3cc(OC)c(N4CCOCC4)cc23)OC(c2ccc(F)cc2)(c2ccc(OC)cc2)C=C1. The Kier molecular flexibility index (Phi) is 9.59.